The number of aliphatic hydroxyl groups excluding tert-OH is 1. The van der Waals surface area contributed by atoms with E-state index in [9.17, 15) is 5.11 Å². The van der Waals surface area contributed by atoms with Crippen LogP contribution in [0.15, 0.2) is 36.7 Å². The first-order valence-electron chi connectivity index (χ1n) is 6.67. The monoisotopic (exact) mass is 254 g/mol. The number of pyridine rings is 1. The second kappa shape index (κ2) is 4.67. The largest absolute Gasteiger partial charge is 0.396 e. The van der Waals surface area contributed by atoms with Gasteiger partial charge in [-0.1, -0.05) is 19.9 Å². The molecule has 0 saturated heterocycles. The molecule has 2 N–H and O–H groups in total. The number of aromatic amines is 1. The molecule has 0 amide bonds. The minimum absolute atomic E-state index is 0.184. The lowest BCUT2D eigenvalue weighted by Crippen LogP contribution is -2.10. The SMILES string of the molecule is CC(C)C(CO)c1ccc2[nH]c3ccncc3c2c1. The van der Waals surface area contributed by atoms with Gasteiger partial charge < -0.3 is 10.1 Å². The molecule has 0 fully saturated rings. The summed E-state index contributed by atoms with van der Waals surface area (Å²) in [7, 11) is 0. The molecule has 0 aliphatic rings. The molecule has 3 nitrogen and oxygen atoms in total. The zero-order chi connectivity index (χ0) is 13.4. The Hall–Kier alpha value is -1.87. The van der Waals surface area contributed by atoms with Gasteiger partial charge in [0.15, 0.2) is 0 Å². The van der Waals surface area contributed by atoms with Crippen molar-refractivity contribution in [2.75, 3.05) is 6.61 Å². The van der Waals surface area contributed by atoms with Crippen molar-refractivity contribution in [3.8, 4) is 0 Å². The van der Waals surface area contributed by atoms with E-state index in [0.29, 0.717) is 5.92 Å². The molecule has 0 radical (unpaired) electrons. The van der Waals surface area contributed by atoms with Crippen LogP contribution in [0.2, 0.25) is 0 Å². The van der Waals surface area contributed by atoms with Crippen LogP contribution in [0.25, 0.3) is 21.8 Å². The zero-order valence-corrected chi connectivity index (χ0v) is 11.2. The predicted octanol–water partition coefficient (Wildman–Crippen LogP) is 3.45. The van der Waals surface area contributed by atoms with E-state index in [4.69, 9.17) is 0 Å². The minimum Gasteiger partial charge on any atom is -0.396 e. The molecule has 1 aromatic carbocycles. The summed E-state index contributed by atoms with van der Waals surface area (Å²) in [4.78, 5) is 7.58. The summed E-state index contributed by atoms with van der Waals surface area (Å²) in [6, 6.07) is 8.36. The number of aliphatic hydroxyl groups is 1. The topological polar surface area (TPSA) is 48.9 Å². The van der Waals surface area contributed by atoms with Gasteiger partial charge in [-0.25, -0.2) is 0 Å². The Morgan fingerprint density at radius 2 is 1.95 bits per heavy atom. The summed E-state index contributed by atoms with van der Waals surface area (Å²) >= 11 is 0. The molecular formula is C16H18N2O. The highest BCUT2D eigenvalue weighted by Gasteiger charge is 2.16. The Labute approximate surface area is 112 Å². The van der Waals surface area contributed by atoms with Crippen LogP contribution in [0.5, 0.6) is 0 Å². The summed E-state index contributed by atoms with van der Waals surface area (Å²) in [5, 5.41) is 11.9. The highest BCUT2D eigenvalue weighted by Crippen LogP contribution is 2.30. The van der Waals surface area contributed by atoms with Crippen molar-refractivity contribution >= 4 is 21.8 Å². The molecular weight excluding hydrogens is 236 g/mol. The van der Waals surface area contributed by atoms with Crippen LogP contribution in [0.1, 0.15) is 25.3 Å². The standard InChI is InChI=1S/C16H18N2O/c1-10(2)14(9-19)11-3-4-15-12(7-11)13-8-17-6-5-16(13)18-15/h3-8,10,14,18-19H,9H2,1-2H3. The van der Waals surface area contributed by atoms with Gasteiger partial charge in [0.2, 0.25) is 0 Å². The van der Waals surface area contributed by atoms with Crippen LogP contribution >= 0.6 is 0 Å². The molecule has 2 heterocycles. The van der Waals surface area contributed by atoms with Gasteiger partial charge in [0.05, 0.1) is 6.61 Å². The maximum absolute atomic E-state index is 9.57. The van der Waals surface area contributed by atoms with Crippen molar-refractivity contribution in [3.63, 3.8) is 0 Å². The average Bonchev–Trinajstić information content (AvgIpc) is 2.77. The van der Waals surface area contributed by atoms with Crippen LogP contribution in [0, 0.1) is 5.92 Å². The Balaban J connectivity index is 2.21. The first-order chi connectivity index (χ1) is 9.20. The van der Waals surface area contributed by atoms with Gasteiger partial charge in [0.25, 0.3) is 0 Å². The van der Waals surface area contributed by atoms with E-state index in [2.05, 4.69) is 42.0 Å². The predicted molar refractivity (Wildman–Crippen MR) is 78.3 cm³/mol. The van der Waals surface area contributed by atoms with E-state index in [0.717, 1.165) is 16.4 Å². The van der Waals surface area contributed by atoms with E-state index in [-0.39, 0.29) is 12.5 Å². The fourth-order valence-corrected chi connectivity index (χ4v) is 2.69. The van der Waals surface area contributed by atoms with Crippen molar-refractivity contribution in [1.82, 2.24) is 9.97 Å². The van der Waals surface area contributed by atoms with Crippen molar-refractivity contribution in [2.45, 2.75) is 19.8 Å². The molecule has 0 aliphatic heterocycles. The van der Waals surface area contributed by atoms with Crippen LogP contribution in [0.3, 0.4) is 0 Å². The number of H-pyrrole nitrogens is 1. The molecule has 98 valence electrons. The molecule has 1 unspecified atom stereocenters. The Morgan fingerprint density at radius 3 is 2.68 bits per heavy atom. The number of nitrogens with one attached hydrogen (secondary N) is 1. The Kier molecular flexibility index (Phi) is 2.99. The summed E-state index contributed by atoms with van der Waals surface area (Å²) < 4.78 is 0. The van der Waals surface area contributed by atoms with E-state index >= 15 is 0 Å². The van der Waals surface area contributed by atoms with E-state index in [1.165, 1.54) is 10.9 Å². The summed E-state index contributed by atoms with van der Waals surface area (Å²) in [6.45, 7) is 4.47. The van der Waals surface area contributed by atoms with Gasteiger partial charge in [-0.05, 0) is 29.7 Å². The van der Waals surface area contributed by atoms with Crippen LogP contribution in [-0.4, -0.2) is 21.7 Å². The normalized spacial score (nSPS) is 13.5. The number of aromatic nitrogens is 2. The molecule has 3 aromatic rings. The molecule has 2 aromatic heterocycles. The number of fused-ring (bicyclic) bond motifs is 3. The summed E-state index contributed by atoms with van der Waals surface area (Å²) in [5.74, 6) is 0.608. The van der Waals surface area contributed by atoms with Gasteiger partial charge >= 0.3 is 0 Å². The van der Waals surface area contributed by atoms with Crippen LogP contribution in [0.4, 0.5) is 0 Å². The zero-order valence-electron chi connectivity index (χ0n) is 11.2. The smallest absolute Gasteiger partial charge is 0.0502 e. The van der Waals surface area contributed by atoms with Crippen molar-refractivity contribution in [2.24, 2.45) is 5.92 Å². The lowest BCUT2D eigenvalue weighted by Gasteiger charge is -2.18. The van der Waals surface area contributed by atoms with Gasteiger partial charge in [0.1, 0.15) is 0 Å². The lowest BCUT2D eigenvalue weighted by molar-refractivity contribution is 0.237. The van der Waals surface area contributed by atoms with Gasteiger partial charge in [0, 0.05) is 40.1 Å². The highest BCUT2D eigenvalue weighted by atomic mass is 16.3. The Morgan fingerprint density at radius 1 is 1.16 bits per heavy atom. The van der Waals surface area contributed by atoms with Crippen molar-refractivity contribution in [3.05, 3.63) is 42.2 Å². The molecule has 3 rings (SSSR count). The van der Waals surface area contributed by atoms with E-state index in [1.54, 1.807) is 6.20 Å². The number of benzene rings is 1. The second-order valence-electron chi connectivity index (χ2n) is 5.38. The fraction of sp³-hybridized carbons (Fsp3) is 0.312. The van der Waals surface area contributed by atoms with E-state index in [1.807, 2.05) is 12.3 Å². The van der Waals surface area contributed by atoms with Crippen molar-refractivity contribution < 1.29 is 5.11 Å². The first kappa shape index (κ1) is 12.2. The summed E-state index contributed by atoms with van der Waals surface area (Å²) in [6.07, 6.45) is 3.69. The van der Waals surface area contributed by atoms with Crippen LogP contribution in [-0.2, 0) is 0 Å². The molecule has 0 saturated carbocycles. The highest BCUT2D eigenvalue weighted by molar-refractivity contribution is 6.06. The third-order valence-corrected chi connectivity index (χ3v) is 3.85. The minimum atomic E-state index is 0.184. The lowest BCUT2D eigenvalue weighted by atomic mass is 9.88. The quantitative estimate of drug-likeness (QED) is 0.752. The first-order valence-corrected chi connectivity index (χ1v) is 6.67. The fourth-order valence-electron chi connectivity index (χ4n) is 2.69. The van der Waals surface area contributed by atoms with Gasteiger partial charge in [-0.15, -0.1) is 0 Å². The molecule has 19 heavy (non-hydrogen) atoms. The molecule has 0 spiro atoms. The van der Waals surface area contributed by atoms with E-state index < -0.39 is 0 Å². The second-order valence-corrected chi connectivity index (χ2v) is 5.38. The maximum Gasteiger partial charge on any atom is 0.0502 e. The van der Waals surface area contributed by atoms with Crippen molar-refractivity contribution in [1.29, 1.82) is 0 Å². The third kappa shape index (κ3) is 2.00. The maximum atomic E-state index is 9.57. The van der Waals surface area contributed by atoms with Gasteiger partial charge in [-0.3, -0.25) is 4.98 Å². The number of nitrogens with zero attached hydrogens (tertiary/aromatic N) is 1. The molecule has 3 heteroatoms. The molecule has 0 bridgehead atoms. The number of hydrogen-bond acceptors (Lipinski definition) is 2. The third-order valence-electron chi connectivity index (χ3n) is 3.85. The van der Waals surface area contributed by atoms with Crippen LogP contribution < -0.4 is 0 Å². The van der Waals surface area contributed by atoms with Gasteiger partial charge in [-0.2, -0.15) is 0 Å². The average molecular weight is 254 g/mol. The molecule has 0 aliphatic carbocycles. The molecule has 1 atom stereocenters. The number of rotatable bonds is 3. The number of hydrogen-bond donors (Lipinski definition) is 2. The Bertz CT molecular complexity index is 715. The summed E-state index contributed by atoms with van der Waals surface area (Å²) in [5.41, 5.74) is 3.41.